The number of carbonyl (C=O) groups excluding carboxylic acids is 1. The zero-order valence-electron chi connectivity index (χ0n) is 16.3. The van der Waals surface area contributed by atoms with Gasteiger partial charge in [-0.25, -0.2) is 0 Å². The van der Waals surface area contributed by atoms with E-state index in [1.165, 1.54) is 18.2 Å². The number of benzene rings is 2. The van der Waals surface area contributed by atoms with Gasteiger partial charge in [-0.3, -0.25) is 9.78 Å². The van der Waals surface area contributed by atoms with Crippen molar-refractivity contribution in [3.63, 3.8) is 0 Å². The van der Waals surface area contributed by atoms with Gasteiger partial charge in [-0.2, -0.15) is 13.2 Å². The lowest BCUT2D eigenvalue weighted by atomic mass is 10.0. The molecule has 0 aliphatic carbocycles. The van der Waals surface area contributed by atoms with E-state index < -0.39 is 11.7 Å². The third-order valence-electron chi connectivity index (χ3n) is 4.78. The van der Waals surface area contributed by atoms with Crippen molar-refractivity contribution >= 4 is 5.91 Å². The minimum atomic E-state index is -4.35. The molecule has 30 heavy (non-hydrogen) atoms. The number of halogens is 3. The van der Waals surface area contributed by atoms with Crippen LogP contribution in [0, 0.1) is 0 Å². The SMILES string of the molecule is C=CC(=O)N(CCc1ccncc1)Cc1ccc(-c2ccc(C(F)(F)F)cc2)cc1. The van der Waals surface area contributed by atoms with Crippen LogP contribution >= 0.6 is 0 Å². The van der Waals surface area contributed by atoms with Crippen molar-refractivity contribution in [2.75, 3.05) is 6.54 Å². The van der Waals surface area contributed by atoms with Gasteiger partial charge in [0.05, 0.1) is 5.56 Å². The molecule has 3 nitrogen and oxygen atoms in total. The summed E-state index contributed by atoms with van der Waals surface area (Å²) in [6.45, 7) is 4.53. The van der Waals surface area contributed by atoms with Gasteiger partial charge in [-0.1, -0.05) is 43.0 Å². The average Bonchev–Trinajstić information content (AvgIpc) is 2.76. The summed E-state index contributed by atoms with van der Waals surface area (Å²) in [4.78, 5) is 17.9. The first-order chi connectivity index (χ1) is 14.4. The minimum Gasteiger partial charge on any atom is -0.335 e. The molecule has 1 heterocycles. The van der Waals surface area contributed by atoms with Crippen molar-refractivity contribution in [3.8, 4) is 11.1 Å². The van der Waals surface area contributed by atoms with Crippen LogP contribution in [0.5, 0.6) is 0 Å². The molecule has 0 aliphatic heterocycles. The quantitative estimate of drug-likeness (QED) is 0.480. The number of nitrogens with zero attached hydrogens (tertiary/aromatic N) is 2. The maximum Gasteiger partial charge on any atom is 0.416 e. The molecule has 2 aromatic carbocycles. The molecular formula is C24H21F3N2O. The molecule has 1 aromatic heterocycles. The van der Waals surface area contributed by atoms with Crippen LogP contribution in [0.15, 0.2) is 85.7 Å². The Kier molecular flexibility index (Phi) is 6.67. The van der Waals surface area contributed by atoms with Crippen molar-refractivity contribution in [1.82, 2.24) is 9.88 Å². The van der Waals surface area contributed by atoms with Crippen molar-refractivity contribution in [2.24, 2.45) is 0 Å². The van der Waals surface area contributed by atoms with Crippen LogP contribution in [0.25, 0.3) is 11.1 Å². The lowest BCUT2D eigenvalue weighted by Gasteiger charge is -2.21. The summed E-state index contributed by atoms with van der Waals surface area (Å²) in [5.41, 5.74) is 2.85. The average molecular weight is 410 g/mol. The first kappa shape index (κ1) is 21.3. The Balaban J connectivity index is 1.69. The van der Waals surface area contributed by atoms with E-state index in [-0.39, 0.29) is 5.91 Å². The maximum atomic E-state index is 12.7. The molecule has 0 unspecified atom stereocenters. The summed E-state index contributed by atoms with van der Waals surface area (Å²) in [6.07, 6.45) is 1.08. The van der Waals surface area contributed by atoms with Crippen molar-refractivity contribution in [1.29, 1.82) is 0 Å². The Labute approximate surface area is 173 Å². The molecule has 154 valence electrons. The lowest BCUT2D eigenvalue weighted by molar-refractivity contribution is -0.137. The molecule has 3 rings (SSSR count). The smallest absolute Gasteiger partial charge is 0.335 e. The van der Waals surface area contributed by atoms with Crippen LogP contribution in [0.2, 0.25) is 0 Å². The zero-order chi connectivity index (χ0) is 21.6. The molecule has 0 saturated heterocycles. The summed E-state index contributed by atoms with van der Waals surface area (Å²) in [5, 5.41) is 0. The highest BCUT2D eigenvalue weighted by Crippen LogP contribution is 2.31. The molecule has 3 aromatic rings. The Bertz CT molecular complexity index is 982. The Morgan fingerprint density at radius 1 is 0.900 bits per heavy atom. The Morgan fingerprint density at radius 3 is 2.00 bits per heavy atom. The van der Waals surface area contributed by atoms with Gasteiger partial charge in [-0.15, -0.1) is 0 Å². The highest BCUT2D eigenvalue weighted by Gasteiger charge is 2.29. The lowest BCUT2D eigenvalue weighted by Crippen LogP contribution is -2.30. The van der Waals surface area contributed by atoms with Crippen LogP contribution in [0.1, 0.15) is 16.7 Å². The van der Waals surface area contributed by atoms with Gasteiger partial charge in [-0.05, 0) is 59.0 Å². The summed E-state index contributed by atoms with van der Waals surface area (Å²) in [6, 6.07) is 16.3. The highest BCUT2D eigenvalue weighted by atomic mass is 19.4. The van der Waals surface area contributed by atoms with Gasteiger partial charge in [0.1, 0.15) is 0 Å². The number of hydrogen-bond acceptors (Lipinski definition) is 2. The summed E-state index contributed by atoms with van der Waals surface area (Å²) in [5.74, 6) is -0.157. The predicted molar refractivity (Wildman–Crippen MR) is 110 cm³/mol. The molecule has 6 heteroatoms. The fourth-order valence-electron chi connectivity index (χ4n) is 3.08. The molecule has 1 amide bonds. The molecule has 0 N–H and O–H groups in total. The van der Waals surface area contributed by atoms with Crippen LogP contribution in [0.3, 0.4) is 0 Å². The van der Waals surface area contributed by atoms with Gasteiger partial charge in [0.15, 0.2) is 0 Å². The minimum absolute atomic E-state index is 0.157. The van der Waals surface area contributed by atoms with E-state index in [4.69, 9.17) is 0 Å². The molecule has 0 spiro atoms. The summed E-state index contributed by atoms with van der Waals surface area (Å²) in [7, 11) is 0. The zero-order valence-corrected chi connectivity index (χ0v) is 16.3. The Hall–Kier alpha value is -3.41. The number of amides is 1. The van der Waals surface area contributed by atoms with E-state index in [0.29, 0.717) is 25.1 Å². The molecule has 0 aliphatic rings. The van der Waals surface area contributed by atoms with Crippen LogP contribution < -0.4 is 0 Å². The number of rotatable bonds is 7. The predicted octanol–water partition coefficient (Wildman–Crippen LogP) is 5.52. The molecule has 0 saturated carbocycles. The van der Waals surface area contributed by atoms with E-state index in [0.717, 1.165) is 28.8 Å². The molecule has 0 radical (unpaired) electrons. The first-order valence-corrected chi connectivity index (χ1v) is 9.43. The van der Waals surface area contributed by atoms with Gasteiger partial charge >= 0.3 is 6.18 Å². The normalized spacial score (nSPS) is 11.2. The first-order valence-electron chi connectivity index (χ1n) is 9.43. The van der Waals surface area contributed by atoms with Crippen LogP contribution in [0.4, 0.5) is 13.2 Å². The second kappa shape index (κ2) is 9.39. The monoisotopic (exact) mass is 410 g/mol. The van der Waals surface area contributed by atoms with Gasteiger partial charge in [0.25, 0.3) is 0 Å². The highest BCUT2D eigenvalue weighted by molar-refractivity contribution is 5.87. The van der Waals surface area contributed by atoms with Gasteiger partial charge in [0.2, 0.25) is 5.91 Å². The molecular weight excluding hydrogens is 389 g/mol. The second-order valence-corrected chi connectivity index (χ2v) is 6.84. The van der Waals surface area contributed by atoms with Crippen LogP contribution in [-0.2, 0) is 23.9 Å². The van der Waals surface area contributed by atoms with E-state index in [1.807, 2.05) is 36.4 Å². The number of carbonyl (C=O) groups is 1. The van der Waals surface area contributed by atoms with Crippen molar-refractivity contribution < 1.29 is 18.0 Å². The standard InChI is InChI=1S/C24H21F3N2O/c1-2-23(30)29(16-13-18-11-14-28-15-12-18)17-19-3-5-20(6-4-19)21-7-9-22(10-8-21)24(25,26)27/h2-12,14-15H,1,13,16-17H2. The number of aromatic nitrogens is 1. The molecule has 0 bridgehead atoms. The van der Waals surface area contributed by atoms with E-state index in [9.17, 15) is 18.0 Å². The van der Waals surface area contributed by atoms with E-state index >= 15 is 0 Å². The Morgan fingerprint density at radius 2 is 1.47 bits per heavy atom. The van der Waals surface area contributed by atoms with Gasteiger partial charge in [0, 0.05) is 25.5 Å². The largest absolute Gasteiger partial charge is 0.416 e. The van der Waals surface area contributed by atoms with Crippen molar-refractivity contribution in [2.45, 2.75) is 19.1 Å². The van der Waals surface area contributed by atoms with Crippen LogP contribution in [-0.4, -0.2) is 22.3 Å². The molecule has 0 fully saturated rings. The van der Waals surface area contributed by atoms with Crippen molar-refractivity contribution in [3.05, 3.63) is 102 Å². The third kappa shape index (κ3) is 5.56. The maximum absolute atomic E-state index is 12.7. The van der Waals surface area contributed by atoms with E-state index in [1.54, 1.807) is 17.3 Å². The number of alkyl halides is 3. The van der Waals surface area contributed by atoms with Gasteiger partial charge < -0.3 is 4.90 Å². The topological polar surface area (TPSA) is 33.2 Å². The number of hydrogen-bond donors (Lipinski definition) is 0. The summed E-state index contributed by atoms with van der Waals surface area (Å²) >= 11 is 0. The fourth-order valence-corrected chi connectivity index (χ4v) is 3.08. The third-order valence-corrected chi connectivity index (χ3v) is 4.78. The molecule has 0 atom stereocenters. The second-order valence-electron chi connectivity index (χ2n) is 6.84. The van der Waals surface area contributed by atoms with E-state index in [2.05, 4.69) is 11.6 Å². The summed E-state index contributed by atoms with van der Waals surface area (Å²) < 4.78 is 38.2. The fraction of sp³-hybridized carbons (Fsp3) is 0.167. The number of pyridine rings is 1.